The molecule has 0 saturated heterocycles. The summed E-state index contributed by atoms with van der Waals surface area (Å²) in [7, 11) is 0. The Hall–Kier alpha value is -1.98. The van der Waals surface area contributed by atoms with Crippen LogP contribution in [-0.2, 0) is 4.79 Å². The van der Waals surface area contributed by atoms with Crippen LogP contribution < -0.4 is 5.32 Å². The first kappa shape index (κ1) is 15.4. The normalized spacial score (nSPS) is 10.1. The summed E-state index contributed by atoms with van der Waals surface area (Å²) in [6, 6.07) is 13.4. The van der Waals surface area contributed by atoms with Gasteiger partial charge in [-0.2, -0.15) is 0 Å². The number of nitrogens with one attached hydrogen (secondary N) is 1. The van der Waals surface area contributed by atoms with Gasteiger partial charge in [0.2, 0.25) is 5.91 Å². The number of hydrogen-bond donors (Lipinski definition) is 2. The maximum atomic E-state index is 11.9. The quantitative estimate of drug-likeness (QED) is 0.823. The van der Waals surface area contributed by atoms with Crippen LogP contribution in [0.2, 0.25) is 5.02 Å². The van der Waals surface area contributed by atoms with E-state index in [-0.39, 0.29) is 17.2 Å². The Morgan fingerprint density at radius 2 is 1.90 bits per heavy atom. The van der Waals surface area contributed by atoms with Crippen molar-refractivity contribution in [2.75, 3.05) is 11.1 Å². The molecule has 0 bridgehead atoms. The fourth-order valence-corrected chi connectivity index (χ4v) is 2.67. The standard InChI is InChI=1S/C15H12ClNO3S/c16-12-6-1-2-7-13(12)21-9-14(18)17-11-5-3-4-10(8-11)15(19)20/h1-8H,9H2,(H,17,18)(H,19,20). The average Bonchev–Trinajstić information content (AvgIpc) is 2.46. The van der Waals surface area contributed by atoms with Crippen molar-refractivity contribution < 1.29 is 14.7 Å². The molecule has 2 N–H and O–H groups in total. The molecular weight excluding hydrogens is 310 g/mol. The average molecular weight is 322 g/mol. The van der Waals surface area contributed by atoms with Gasteiger partial charge < -0.3 is 10.4 Å². The molecular formula is C15H12ClNO3S. The second-order valence-corrected chi connectivity index (χ2v) is 5.58. The number of carbonyl (C=O) groups is 2. The second kappa shape index (κ2) is 7.15. The van der Waals surface area contributed by atoms with E-state index in [1.807, 2.05) is 18.2 Å². The predicted octanol–water partition coefficient (Wildman–Crippen LogP) is 3.77. The van der Waals surface area contributed by atoms with Crippen molar-refractivity contribution in [1.82, 2.24) is 0 Å². The van der Waals surface area contributed by atoms with Crippen LogP contribution in [0.5, 0.6) is 0 Å². The zero-order valence-corrected chi connectivity index (χ0v) is 12.4. The highest BCUT2D eigenvalue weighted by Gasteiger charge is 2.08. The number of carbonyl (C=O) groups excluding carboxylic acids is 1. The summed E-state index contributed by atoms with van der Waals surface area (Å²) >= 11 is 7.33. The molecule has 2 aromatic rings. The Labute approximate surface area is 131 Å². The zero-order valence-electron chi connectivity index (χ0n) is 10.9. The fraction of sp³-hybridized carbons (Fsp3) is 0.0667. The maximum absolute atomic E-state index is 11.9. The van der Waals surface area contributed by atoms with Crippen LogP contribution >= 0.6 is 23.4 Å². The highest BCUT2D eigenvalue weighted by Crippen LogP contribution is 2.26. The van der Waals surface area contributed by atoms with Crippen LogP contribution in [0.4, 0.5) is 5.69 Å². The smallest absolute Gasteiger partial charge is 0.335 e. The number of carboxylic acids is 1. The van der Waals surface area contributed by atoms with E-state index in [4.69, 9.17) is 16.7 Å². The van der Waals surface area contributed by atoms with Gasteiger partial charge in [-0.15, -0.1) is 11.8 Å². The Morgan fingerprint density at radius 3 is 2.62 bits per heavy atom. The van der Waals surface area contributed by atoms with Crippen molar-refractivity contribution in [3.8, 4) is 0 Å². The Morgan fingerprint density at radius 1 is 1.14 bits per heavy atom. The molecule has 2 aromatic carbocycles. The lowest BCUT2D eigenvalue weighted by molar-refractivity contribution is -0.113. The van der Waals surface area contributed by atoms with Crippen LogP contribution in [0, 0.1) is 0 Å². The van der Waals surface area contributed by atoms with E-state index in [1.54, 1.807) is 18.2 Å². The minimum atomic E-state index is -1.03. The third kappa shape index (κ3) is 4.51. The molecule has 21 heavy (non-hydrogen) atoms. The zero-order chi connectivity index (χ0) is 15.2. The summed E-state index contributed by atoms with van der Waals surface area (Å²) in [5.74, 6) is -1.06. The Bertz CT molecular complexity index is 675. The van der Waals surface area contributed by atoms with Crippen LogP contribution in [0.25, 0.3) is 0 Å². The number of aromatic carboxylic acids is 1. The summed E-state index contributed by atoms with van der Waals surface area (Å²) in [4.78, 5) is 23.5. The molecule has 0 heterocycles. The molecule has 0 unspecified atom stereocenters. The number of rotatable bonds is 5. The molecule has 0 radical (unpaired) electrons. The number of benzene rings is 2. The summed E-state index contributed by atoms with van der Waals surface area (Å²) in [6.45, 7) is 0. The first-order valence-corrected chi connectivity index (χ1v) is 7.43. The van der Waals surface area contributed by atoms with Gasteiger partial charge in [-0.25, -0.2) is 4.79 Å². The van der Waals surface area contributed by atoms with Gasteiger partial charge in [0, 0.05) is 10.6 Å². The number of amides is 1. The molecule has 6 heteroatoms. The largest absolute Gasteiger partial charge is 0.478 e. The Balaban J connectivity index is 1.95. The summed E-state index contributed by atoms with van der Waals surface area (Å²) < 4.78 is 0. The fourth-order valence-electron chi connectivity index (χ4n) is 1.63. The van der Waals surface area contributed by atoms with Crippen molar-refractivity contribution >= 4 is 40.9 Å². The summed E-state index contributed by atoms with van der Waals surface area (Å²) in [5.41, 5.74) is 0.589. The third-order valence-electron chi connectivity index (χ3n) is 2.59. The number of thioether (sulfide) groups is 1. The third-order valence-corrected chi connectivity index (χ3v) is 4.10. The van der Waals surface area contributed by atoms with Gasteiger partial charge in [-0.1, -0.05) is 29.8 Å². The van der Waals surface area contributed by atoms with Gasteiger partial charge in [0.1, 0.15) is 0 Å². The van der Waals surface area contributed by atoms with Gasteiger partial charge in [0.15, 0.2) is 0 Å². The van der Waals surface area contributed by atoms with Gasteiger partial charge in [0.25, 0.3) is 0 Å². The molecule has 0 spiro atoms. The van der Waals surface area contributed by atoms with Gasteiger partial charge >= 0.3 is 5.97 Å². The van der Waals surface area contributed by atoms with Crippen molar-refractivity contribution in [2.45, 2.75) is 4.90 Å². The summed E-state index contributed by atoms with van der Waals surface area (Å²) in [6.07, 6.45) is 0. The first-order valence-electron chi connectivity index (χ1n) is 6.07. The summed E-state index contributed by atoms with van der Waals surface area (Å²) in [5, 5.41) is 12.2. The molecule has 0 aliphatic carbocycles. The monoisotopic (exact) mass is 321 g/mol. The molecule has 4 nitrogen and oxygen atoms in total. The van der Waals surface area contributed by atoms with Crippen LogP contribution in [0.3, 0.4) is 0 Å². The predicted molar refractivity (Wildman–Crippen MR) is 84.2 cm³/mol. The number of carboxylic acid groups (broad SMARTS) is 1. The van der Waals surface area contributed by atoms with Crippen LogP contribution in [-0.4, -0.2) is 22.7 Å². The van der Waals surface area contributed by atoms with Crippen molar-refractivity contribution in [2.24, 2.45) is 0 Å². The lowest BCUT2D eigenvalue weighted by Crippen LogP contribution is -2.14. The second-order valence-electron chi connectivity index (χ2n) is 4.15. The topological polar surface area (TPSA) is 66.4 Å². The van der Waals surface area contributed by atoms with Gasteiger partial charge in [-0.05, 0) is 30.3 Å². The lowest BCUT2D eigenvalue weighted by Gasteiger charge is -2.06. The van der Waals surface area contributed by atoms with E-state index in [9.17, 15) is 9.59 Å². The SMILES string of the molecule is O=C(CSc1ccccc1Cl)Nc1cccc(C(=O)O)c1. The molecule has 0 aliphatic rings. The molecule has 108 valence electrons. The minimum Gasteiger partial charge on any atom is -0.478 e. The maximum Gasteiger partial charge on any atom is 0.335 e. The van der Waals surface area contributed by atoms with E-state index < -0.39 is 5.97 Å². The number of halogens is 1. The molecule has 0 aromatic heterocycles. The van der Waals surface area contributed by atoms with E-state index in [2.05, 4.69) is 5.32 Å². The van der Waals surface area contributed by atoms with E-state index in [0.717, 1.165) is 4.90 Å². The molecule has 1 amide bonds. The first-order chi connectivity index (χ1) is 10.1. The van der Waals surface area contributed by atoms with Crippen LogP contribution in [0.1, 0.15) is 10.4 Å². The van der Waals surface area contributed by atoms with E-state index in [1.165, 1.54) is 23.9 Å². The van der Waals surface area contributed by atoms with Gasteiger partial charge in [-0.3, -0.25) is 4.79 Å². The minimum absolute atomic E-state index is 0.131. The Kier molecular flexibility index (Phi) is 5.25. The molecule has 0 fully saturated rings. The molecule has 0 aliphatic heterocycles. The van der Waals surface area contributed by atoms with Crippen molar-refractivity contribution in [3.05, 3.63) is 59.1 Å². The molecule has 2 rings (SSSR count). The highest BCUT2D eigenvalue weighted by molar-refractivity contribution is 8.00. The number of anilines is 1. The highest BCUT2D eigenvalue weighted by atomic mass is 35.5. The number of hydrogen-bond acceptors (Lipinski definition) is 3. The van der Waals surface area contributed by atoms with E-state index in [0.29, 0.717) is 10.7 Å². The van der Waals surface area contributed by atoms with Gasteiger partial charge in [0.05, 0.1) is 16.3 Å². The van der Waals surface area contributed by atoms with Crippen molar-refractivity contribution in [1.29, 1.82) is 0 Å². The molecule has 0 atom stereocenters. The lowest BCUT2D eigenvalue weighted by atomic mass is 10.2. The van der Waals surface area contributed by atoms with Crippen LogP contribution in [0.15, 0.2) is 53.4 Å². The van der Waals surface area contributed by atoms with E-state index >= 15 is 0 Å². The van der Waals surface area contributed by atoms with Crippen molar-refractivity contribution in [3.63, 3.8) is 0 Å². The molecule has 0 saturated carbocycles.